The molecule has 0 fully saturated rings. The molecule has 2 unspecified atom stereocenters. The molecule has 0 amide bonds. The fourth-order valence-electron chi connectivity index (χ4n) is 1.88. The Morgan fingerprint density at radius 3 is 1.79 bits per heavy atom. The van der Waals surface area contributed by atoms with E-state index in [0.717, 1.165) is 12.8 Å². The molecule has 82 valence electrons. The van der Waals surface area contributed by atoms with Crippen molar-refractivity contribution in [3.63, 3.8) is 0 Å². The van der Waals surface area contributed by atoms with Gasteiger partial charge in [-0.1, -0.05) is 26.7 Å². The van der Waals surface area contributed by atoms with E-state index in [-0.39, 0.29) is 24.0 Å². The number of aliphatic carboxylic acids is 1. The minimum Gasteiger partial charge on any atom is -0.481 e. The fourth-order valence-corrected chi connectivity index (χ4v) is 1.88. The molecule has 0 bridgehead atoms. The molecule has 0 saturated heterocycles. The number of hydrogen-bond donors (Lipinski definition) is 1. The van der Waals surface area contributed by atoms with Gasteiger partial charge in [0.1, 0.15) is 5.78 Å². The molecule has 0 radical (unpaired) electrons. The second kappa shape index (κ2) is 6.57. The molecular formula is C11H20O3. The van der Waals surface area contributed by atoms with Crippen molar-refractivity contribution in [2.75, 3.05) is 0 Å². The zero-order valence-corrected chi connectivity index (χ0v) is 9.25. The number of rotatable bonds is 7. The molecule has 0 aromatic heterocycles. The largest absolute Gasteiger partial charge is 0.481 e. The van der Waals surface area contributed by atoms with Crippen LogP contribution in [0.2, 0.25) is 0 Å². The highest BCUT2D eigenvalue weighted by atomic mass is 16.4. The normalized spacial score (nSPS) is 14.8. The van der Waals surface area contributed by atoms with E-state index in [1.54, 1.807) is 6.92 Å². The van der Waals surface area contributed by atoms with Crippen molar-refractivity contribution in [3.8, 4) is 0 Å². The summed E-state index contributed by atoms with van der Waals surface area (Å²) in [6.45, 7) is 5.56. The van der Waals surface area contributed by atoms with Crippen LogP contribution >= 0.6 is 0 Å². The second-order valence-corrected chi connectivity index (χ2v) is 3.84. The Morgan fingerprint density at radius 2 is 1.50 bits per heavy atom. The van der Waals surface area contributed by atoms with Crippen LogP contribution in [0.4, 0.5) is 0 Å². The smallest absolute Gasteiger partial charge is 0.303 e. The van der Waals surface area contributed by atoms with Gasteiger partial charge < -0.3 is 9.90 Å². The van der Waals surface area contributed by atoms with Crippen molar-refractivity contribution >= 4 is 11.8 Å². The van der Waals surface area contributed by atoms with Crippen molar-refractivity contribution in [1.82, 2.24) is 0 Å². The van der Waals surface area contributed by atoms with E-state index in [1.165, 1.54) is 0 Å². The highest BCUT2D eigenvalue weighted by molar-refractivity contribution is 5.75. The van der Waals surface area contributed by atoms with Crippen LogP contribution in [0.25, 0.3) is 0 Å². The van der Waals surface area contributed by atoms with Gasteiger partial charge in [0.25, 0.3) is 0 Å². The summed E-state index contributed by atoms with van der Waals surface area (Å²) in [7, 11) is 0. The molecule has 0 heterocycles. The van der Waals surface area contributed by atoms with E-state index in [2.05, 4.69) is 0 Å². The van der Waals surface area contributed by atoms with E-state index >= 15 is 0 Å². The molecule has 2 atom stereocenters. The predicted molar refractivity (Wildman–Crippen MR) is 55.1 cm³/mol. The summed E-state index contributed by atoms with van der Waals surface area (Å²) in [6, 6.07) is 0. The van der Waals surface area contributed by atoms with E-state index < -0.39 is 5.97 Å². The molecule has 0 spiro atoms. The van der Waals surface area contributed by atoms with Gasteiger partial charge in [-0.25, -0.2) is 0 Å². The average molecular weight is 200 g/mol. The van der Waals surface area contributed by atoms with Gasteiger partial charge in [0.05, 0.1) is 0 Å². The summed E-state index contributed by atoms with van der Waals surface area (Å²) >= 11 is 0. The van der Waals surface area contributed by atoms with Gasteiger partial charge in [-0.3, -0.25) is 4.79 Å². The standard InChI is InChI=1S/C11H20O3/c1-4-9(6-8(3)12)10(5-2)7-11(13)14/h9-10H,4-7H2,1-3H3,(H,13,14). The maximum atomic E-state index is 11.0. The first-order valence-electron chi connectivity index (χ1n) is 5.22. The Balaban J connectivity index is 4.28. The summed E-state index contributed by atoms with van der Waals surface area (Å²) < 4.78 is 0. The topological polar surface area (TPSA) is 54.4 Å². The molecule has 0 aromatic carbocycles. The number of ketones is 1. The van der Waals surface area contributed by atoms with E-state index in [9.17, 15) is 9.59 Å². The van der Waals surface area contributed by atoms with Gasteiger partial charge in [0.2, 0.25) is 0 Å². The molecular weight excluding hydrogens is 180 g/mol. The zero-order valence-electron chi connectivity index (χ0n) is 9.25. The highest BCUT2D eigenvalue weighted by Crippen LogP contribution is 2.26. The third-order valence-corrected chi connectivity index (χ3v) is 2.70. The third kappa shape index (κ3) is 5.00. The number of carbonyl (C=O) groups excluding carboxylic acids is 1. The van der Waals surface area contributed by atoms with Crippen molar-refractivity contribution in [2.24, 2.45) is 11.8 Å². The Bertz CT molecular complexity index is 177. The average Bonchev–Trinajstić information content (AvgIpc) is 2.10. The Labute approximate surface area is 85.5 Å². The lowest BCUT2D eigenvalue weighted by atomic mass is 9.82. The summed E-state index contributed by atoms with van der Waals surface area (Å²) in [5, 5.41) is 8.71. The lowest BCUT2D eigenvalue weighted by Gasteiger charge is -2.22. The Kier molecular flexibility index (Phi) is 6.17. The maximum absolute atomic E-state index is 11.0. The van der Waals surface area contributed by atoms with Crippen molar-refractivity contribution in [2.45, 2.75) is 46.5 Å². The maximum Gasteiger partial charge on any atom is 0.303 e. The second-order valence-electron chi connectivity index (χ2n) is 3.84. The quantitative estimate of drug-likeness (QED) is 0.687. The van der Waals surface area contributed by atoms with Gasteiger partial charge in [-0.15, -0.1) is 0 Å². The number of carboxylic acids is 1. The van der Waals surface area contributed by atoms with Crippen molar-refractivity contribution in [1.29, 1.82) is 0 Å². The molecule has 3 nitrogen and oxygen atoms in total. The van der Waals surface area contributed by atoms with Crippen molar-refractivity contribution < 1.29 is 14.7 Å². The molecule has 14 heavy (non-hydrogen) atoms. The predicted octanol–water partition coefficient (Wildman–Crippen LogP) is 2.49. The van der Waals surface area contributed by atoms with Crippen LogP contribution in [-0.4, -0.2) is 16.9 Å². The van der Waals surface area contributed by atoms with E-state index in [0.29, 0.717) is 6.42 Å². The SMILES string of the molecule is CCC(CC(C)=O)C(CC)CC(=O)O. The Morgan fingerprint density at radius 1 is 1.07 bits per heavy atom. The summed E-state index contributed by atoms with van der Waals surface area (Å²) in [6.07, 6.45) is 2.41. The van der Waals surface area contributed by atoms with Gasteiger partial charge in [-0.05, 0) is 18.8 Å². The summed E-state index contributed by atoms with van der Waals surface area (Å²) in [5.41, 5.74) is 0. The number of carbonyl (C=O) groups is 2. The van der Waals surface area contributed by atoms with Crippen LogP contribution in [0.15, 0.2) is 0 Å². The lowest BCUT2D eigenvalue weighted by Crippen LogP contribution is -2.19. The van der Waals surface area contributed by atoms with Gasteiger partial charge in [-0.2, -0.15) is 0 Å². The summed E-state index contributed by atoms with van der Waals surface area (Å²) in [4.78, 5) is 21.6. The van der Waals surface area contributed by atoms with Gasteiger partial charge in [0.15, 0.2) is 0 Å². The van der Waals surface area contributed by atoms with Crippen LogP contribution in [0.3, 0.4) is 0 Å². The fraction of sp³-hybridized carbons (Fsp3) is 0.818. The van der Waals surface area contributed by atoms with E-state index in [4.69, 9.17) is 5.11 Å². The minimum atomic E-state index is -0.765. The monoisotopic (exact) mass is 200 g/mol. The third-order valence-electron chi connectivity index (χ3n) is 2.70. The zero-order chi connectivity index (χ0) is 11.1. The van der Waals surface area contributed by atoms with Gasteiger partial charge in [0, 0.05) is 12.8 Å². The number of hydrogen-bond acceptors (Lipinski definition) is 2. The van der Waals surface area contributed by atoms with Crippen molar-refractivity contribution in [3.05, 3.63) is 0 Å². The van der Waals surface area contributed by atoms with Crippen LogP contribution < -0.4 is 0 Å². The minimum absolute atomic E-state index is 0.140. The number of carboxylic acid groups (broad SMARTS) is 1. The van der Waals surface area contributed by atoms with Gasteiger partial charge >= 0.3 is 5.97 Å². The molecule has 0 aromatic rings. The van der Waals surface area contributed by atoms with Crippen LogP contribution in [0, 0.1) is 11.8 Å². The molecule has 1 N–H and O–H groups in total. The molecule has 0 saturated carbocycles. The first-order chi connectivity index (χ1) is 6.51. The van der Waals surface area contributed by atoms with Crippen LogP contribution in [-0.2, 0) is 9.59 Å². The Hall–Kier alpha value is -0.860. The summed E-state index contributed by atoms with van der Waals surface area (Å²) in [5.74, 6) is -0.241. The first kappa shape index (κ1) is 13.1. The molecule has 0 rings (SSSR count). The molecule has 0 aliphatic rings. The van der Waals surface area contributed by atoms with Crippen LogP contribution in [0.1, 0.15) is 46.5 Å². The molecule has 3 heteroatoms. The number of Topliss-reactive ketones (excluding diaryl/α,β-unsaturated/α-hetero) is 1. The molecule has 0 aliphatic heterocycles. The first-order valence-corrected chi connectivity index (χ1v) is 5.22. The highest BCUT2D eigenvalue weighted by Gasteiger charge is 2.22. The van der Waals surface area contributed by atoms with E-state index in [1.807, 2.05) is 13.8 Å². The molecule has 0 aliphatic carbocycles. The van der Waals surface area contributed by atoms with Crippen LogP contribution in [0.5, 0.6) is 0 Å². The lowest BCUT2D eigenvalue weighted by molar-refractivity contribution is -0.139.